The molecule has 0 aliphatic carbocycles. The minimum Gasteiger partial charge on any atom is -0.373 e. The summed E-state index contributed by atoms with van der Waals surface area (Å²) in [6.07, 6.45) is 11.7. The van der Waals surface area contributed by atoms with Gasteiger partial charge in [0, 0.05) is 26.1 Å². The first-order valence-electron chi connectivity index (χ1n) is 8.59. The third kappa shape index (κ3) is 7.88. The van der Waals surface area contributed by atoms with Gasteiger partial charge in [0.1, 0.15) is 17.5 Å². The van der Waals surface area contributed by atoms with Gasteiger partial charge in [-0.05, 0) is 6.42 Å². The molecule has 0 atom stereocenters. The van der Waals surface area contributed by atoms with Crippen molar-refractivity contribution in [1.29, 1.82) is 0 Å². The van der Waals surface area contributed by atoms with E-state index in [9.17, 15) is 0 Å². The van der Waals surface area contributed by atoms with Gasteiger partial charge in [0.15, 0.2) is 0 Å². The van der Waals surface area contributed by atoms with Crippen LogP contribution in [0.15, 0.2) is 6.07 Å². The van der Waals surface area contributed by atoms with Gasteiger partial charge >= 0.3 is 0 Å². The fourth-order valence-corrected chi connectivity index (χ4v) is 2.35. The Balaban J connectivity index is 2.15. The Morgan fingerprint density at radius 2 is 1.48 bits per heavy atom. The highest BCUT2D eigenvalue weighted by molar-refractivity contribution is 5.47. The maximum atomic E-state index is 4.51. The molecule has 0 unspecified atom stereocenters. The number of hydrogen-bond donors (Lipinski definition) is 2. The van der Waals surface area contributed by atoms with Crippen LogP contribution in [0.25, 0.3) is 0 Å². The van der Waals surface area contributed by atoms with Gasteiger partial charge in [-0.3, -0.25) is 0 Å². The molecular weight excluding hydrogens is 260 g/mol. The van der Waals surface area contributed by atoms with E-state index in [0.29, 0.717) is 0 Å². The summed E-state index contributed by atoms with van der Waals surface area (Å²) in [7, 11) is 1.89. The van der Waals surface area contributed by atoms with E-state index in [1.54, 1.807) is 0 Å². The second kappa shape index (κ2) is 11.4. The number of rotatable bonds is 12. The van der Waals surface area contributed by atoms with Crippen LogP contribution in [0.3, 0.4) is 0 Å². The molecule has 0 saturated carbocycles. The Bertz CT molecular complexity index is 357. The van der Waals surface area contributed by atoms with Gasteiger partial charge in [-0.1, -0.05) is 58.8 Å². The van der Waals surface area contributed by atoms with Crippen LogP contribution in [0.2, 0.25) is 0 Å². The van der Waals surface area contributed by atoms with E-state index < -0.39 is 0 Å². The predicted octanol–water partition coefficient (Wildman–Crippen LogP) is 4.63. The van der Waals surface area contributed by atoms with Crippen LogP contribution in [0.4, 0.5) is 11.6 Å². The molecule has 0 saturated heterocycles. The van der Waals surface area contributed by atoms with Crippen LogP contribution in [-0.2, 0) is 6.42 Å². The number of unbranched alkanes of at least 4 members (excludes halogenated alkanes) is 7. The van der Waals surface area contributed by atoms with E-state index in [2.05, 4.69) is 34.4 Å². The lowest BCUT2D eigenvalue weighted by Gasteiger charge is -2.09. The minimum absolute atomic E-state index is 0.863. The molecule has 0 amide bonds. The van der Waals surface area contributed by atoms with Crippen molar-refractivity contribution in [3.63, 3.8) is 0 Å². The van der Waals surface area contributed by atoms with Crippen LogP contribution in [0.1, 0.15) is 71.0 Å². The molecule has 4 nitrogen and oxygen atoms in total. The highest BCUT2D eigenvalue weighted by atomic mass is 15.1. The summed E-state index contributed by atoms with van der Waals surface area (Å²) in [6.45, 7) is 5.34. The van der Waals surface area contributed by atoms with E-state index in [4.69, 9.17) is 0 Å². The Morgan fingerprint density at radius 3 is 2.10 bits per heavy atom. The molecule has 1 heterocycles. The second-order valence-corrected chi connectivity index (χ2v) is 5.56. The van der Waals surface area contributed by atoms with E-state index in [0.717, 1.165) is 30.4 Å². The summed E-state index contributed by atoms with van der Waals surface area (Å²) in [6, 6.07) is 1.98. The molecule has 0 aliphatic rings. The molecule has 1 aromatic heterocycles. The Kier molecular flexibility index (Phi) is 9.58. The Labute approximate surface area is 130 Å². The third-order valence-electron chi connectivity index (χ3n) is 3.68. The molecule has 1 rings (SSSR count). The summed E-state index contributed by atoms with van der Waals surface area (Å²) >= 11 is 0. The summed E-state index contributed by atoms with van der Waals surface area (Å²) in [4.78, 5) is 8.91. The van der Waals surface area contributed by atoms with Crippen LogP contribution in [0, 0.1) is 0 Å². The van der Waals surface area contributed by atoms with Crippen molar-refractivity contribution in [2.45, 2.75) is 71.6 Å². The largest absolute Gasteiger partial charge is 0.373 e. The Hall–Kier alpha value is -1.32. The standard InChI is InChI=1S/C17H32N4/c1-4-6-7-8-9-10-11-12-13-19-17-14-16(18-3)20-15(5-2)21-17/h14H,4-13H2,1-3H3,(H2,18,19,20,21). The molecule has 0 bridgehead atoms. The molecule has 4 heteroatoms. The zero-order valence-electron chi connectivity index (χ0n) is 14.0. The number of hydrogen-bond acceptors (Lipinski definition) is 4. The van der Waals surface area contributed by atoms with Gasteiger partial charge in [-0.25, -0.2) is 9.97 Å². The molecule has 0 aliphatic heterocycles. The topological polar surface area (TPSA) is 49.8 Å². The lowest BCUT2D eigenvalue weighted by Crippen LogP contribution is -2.07. The first-order chi connectivity index (χ1) is 10.3. The van der Waals surface area contributed by atoms with Crippen molar-refractivity contribution in [3.05, 3.63) is 11.9 Å². The third-order valence-corrected chi connectivity index (χ3v) is 3.68. The number of nitrogens with one attached hydrogen (secondary N) is 2. The average Bonchev–Trinajstić information content (AvgIpc) is 2.52. The van der Waals surface area contributed by atoms with Crippen LogP contribution in [-0.4, -0.2) is 23.6 Å². The summed E-state index contributed by atoms with van der Waals surface area (Å²) in [5.74, 6) is 2.72. The molecule has 0 spiro atoms. The van der Waals surface area contributed by atoms with Crippen molar-refractivity contribution < 1.29 is 0 Å². The lowest BCUT2D eigenvalue weighted by atomic mass is 10.1. The van der Waals surface area contributed by atoms with Gasteiger partial charge in [0.2, 0.25) is 0 Å². The molecule has 0 radical (unpaired) electrons. The van der Waals surface area contributed by atoms with Crippen molar-refractivity contribution >= 4 is 11.6 Å². The molecular formula is C17H32N4. The van der Waals surface area contributed by atoms with Gasteiger partial charge in [0.05, 0.1) is 0 Å². The smallest absolute Gasteiger partial charge is 0.132 e. The van der Waals surface area contributed by atoms with Crippen LogP contribution >= 0.6 is 0 Å². The van der Waals surface area contributed by atoms with Crippen molar-refractivity contribution in [1.82, 2.24) is 9.97 Å². The molecule has 120 valence electrons. The fraction of sp³-hybridized carbons (Fsp3) is 0.765. The quantitative estimate of drug-likeness (QED) is 0.551. The minimum atomic E-state index is 0.863. The van der Waals surface area contributed by atoms with Gasteiger partial charge in [0.25, 0.3) is 0 Å². The zero-order chi connectivity index (χ0) is 15.3. The van der Waals surface area contributed by atoms with Crippen molar-refractivity contribution in [2.75, 3.05) is 24.2 Å². The van der Waals surface area contributed by atoms with E-state index in [1.807, 2.05) is 13.1 Å². The summed E-state index contributed by atoms with van der Waals surface area (Å²) in [5.41, 5.74) is 0. The van der Waals surface area contributed by atoms with E-state index >= 15 is 0 Å². The monoisotopic (exact) mass is 292 g/mol. The maximum Gasteiger partial charge on any atom is 0.132 e. The number of nitrogens with zero attached hydrogens (tertiary/aromatic N) is 2. The Morgan fingerprint density at radius 1 is 0.857 bits per heavy atom. The number of anilines is 2. The predicted molar refractivity (Wildman–Crippen MR) is 92.1 cm³/mol. The van der Waals surface area contributed by atoms with Crippen LogP contribution < -0.4 is 10.6 Å². The maximum absolute atomic E-state index is 4.51. The first kappa shape index (κ1) is 17.7. The fourth-order valence-electron chi connectivity index (χ4n) is 2.35. The lowest BCUT2D eigenvalue weighted by molar-refractivity contribution is 0.581. The van der Waals surface area contributed by atoms with E-state index in [-0.39, 0.29) is 0 Å². The highest BCUT2D eigenvalue weighted by Crippen LogP contribution is 2.12. The molecule has 1 aromatic rings. The van der Waals surface area contributed by atoms with Gasteiger partial charge < -0.3 is 10.6 Å². The second-order valence-electron chi connectivity index (χ2n) is 5.56. The summed E-state index contributed by atoms with van der Waals surface area (Å²) < 4.78 is 0. The molecule has 2 N–H and O–H groups in total. The normalized spacial score (nSPS) is 10.6. The zero-order valence-corrected chi connectivity index (χ0v) is 14.0. The van der Waals surface area contributed by atoms with Crippen LogP contribution in [0.5, 0.6) is 0 Å². The van der Waals surface area contributed by atoms with Gasteiger partial charge in [-0.2, -0.15) is 0 Å². The van der Waals surface area contributed by atoms with Gasteiger partial charge in [-0.15, -0.1) is 0 Å². The summed E-state index contributed by atoms with van der Waals surface area (Å²) in [5, 5.41) is 6.50. The molecule has 0 aromatic carbocycles. The number of aryl methyl sites for hydroxylation is 1. The highest BCUT2D eigenvalue weighted by Gasteiger charge is 2.01. The average molecular weight is 292 g/mol. The SMILES string of the molecule is CCCCCCCCCCNc1cc(NC)nc(CC)n1. The molecule has 0 fully saturated rings. The number of aromatic nitrogens is 2. The molecule has 21 heavy (non-hydrogen) atoms. The first-order valence-corrected chi connectivity index (χ1v) is 8.59. The van der Waals surface area contributed by atoms with Crippen molar-refractivity contribution in [3.8, 4) is 0 Å². The van der Waals surface area contributed by atoms with E-state index in [1.165, 1.54) is 51.4 Å². The van der Waals surface area contributed by atoms with Crippen molar-refractivity contribution in [2.24, 2.45) is 0 Å².